The monoisotopic (exact) mass is 228 g/mol. The molecule has 2 amide bonds. The smallest absolute Gasteiger partial charge is 0.220 e. The van der Waals surface area contributed by atoms with Crippen LogP contribution in [0.1, 0.15) is 52.9 Å². The predicted molar refractivity (Wildman–Crippen MR) is 65.0 cm³/mol. The molecule has 4 nitrogen and oxygen atoms in total. The van der Waals surface area contributed by atoms with Crippen molar-refractivity contribution in [2.45, 2.75) is 58.9 Å². The number of hydrogen-bond donors (Lipinski definition) is 2. The summed E-state index contributed by atoms with van der Waals surface area (Å²) in [6.45, 7) is 6.29. The summed E-state index contributed by atoms with van der Waals surface area (Å²) < 4.78 is 0. The number of unbranched alkanes of at least 4 members (excludes halogenated alkanes) is 2. The van der Waals surface area contributed by atoms with Gasteiger partial charge in [-0.15, -0.1) is 0 Å². The summed E-state index contributed by atoms with van der Waals surface area (Å²) >= 11 is 0. The van der Waals surface area contributed by atoms with Gasteiger partial charge in [-0.05, 0) is 26.2 Å². The highest BCUT2D eigenvalue weighted by Crippen LogP contribution is 2.00. The van der Waals surface area contributed by atoms with Crippen LogP contribution in [0, 0.1) is 0 Å². The molecule has 0 rings (SSSR count). The van der Waals surface area contributed by atoms with Gasteiger partial charge in [0.1, 0.15) is 0 Å². The van der Waals surface area contributed by atoms with Gasteiger partial charge in [0.05, 0.1) is 0 Å². The second kappa shape index (κ2) is 9.19. The van der Waals surface area contributed by atoms with E-state index < -0.39 is 0 Å². The molecule has 16 heavy (non-hydrogen) atoms. The average molecular weight is 228 g/mol. The highest BCUT2D eigenvalue weighted by Gasteiger charge is 2.04. The lowest BCUT2D eigenvalue weighted by atomic mass is 10.1. The number of amides is 2. The molecule has 94 valence electrons. The van der Waals surface area contributed by atoms with Gasteiger partial charge < -0.3 is 10.6 Å². The molecule has 0 heterocycles. The van der Waals surface area contributed by atoms with Gasteiger partial charge in [0, 0.05) is 25.9 Å². The summed E-state index contributed by atoms with van der Waals surface area (Å²) in [5.41, 5.74) is 0. The Morgan fingerprint density at radius 1 is 1.19 bits per heavy atom. The zero-order valence-corrected chi connectivity index (χ0v) is 10.6. The molecular formula is C12H24N2O2. The molecule has 0 aromatic heterocycles. The fourth-order valence-corrected chi connectivity index (χ4v) is 1.30. The maximum atomic E-state index is 11.4. The molecule has 0 aliphatic rings. The topological polar surface area (TPSA) is 58.2 Å². The quantitative estimate of drug-likeness (QED) is 0.620. The van der Waals surface area contributed by atoms with Gasteiger partial charge in [-0.2, -0.15) is 0 Å². The molecule has 0 radical (unpaired) electrons. The normalized spacial score (nSPS) is 11.9. The van der Waals surface area contributed by atoms with E-state index in [1.54, 1.807) is 0 Å². The van der Waals surface area contributed by atoms with Crippen molar-refractivity contribution in [3.8, 4) is 0 Å². The Bertz CT molecular complexity index is 217. The van der Waals surface area contributed by atoms with Crippen molar-refractivity contribution in [2.75, 3.05) is 6.54 Å². The molecule has 4 heteroatoms. The molecule has 1 unspecified atom stereocenters. The Balaban J connectivity index is 3.31. The van der Waals surface area contributed by atoms with Crippen LogP contribution in [0.2, 0.25) is 0 Å². The summed E-state index contributed by atoms with van der Waals surface area (Å²) in [6, 6.07) is 0.270. The standard InChI is InChI=1S/C12H24N2O2/c1-4-10(2)14-12(16)8-6-5-7-9-13-11(3)15/h10H,4-9H2,1-3H3,(H,13,15)(H,14,16). The highest BCUT2D eigenvalue weighted by molar-refractivity contribution is 5.76. The Kier molecular flexibility index (Phi) is 8.58. The summed E-state index contributed by atoms with van der Waals surface area (Å²) in [4.78, 5) is 21.9. The summed E-state index contributed by atoms with van der Waals surface area (Å²) in [6.07, 6.45) is 4.37. The second-order valence-electron chi connectivity index (χ2n) is 4.17. The maximum absolute atomic E-state index is 11.4. The second-order valence-corrected chi connectivity index (χ2v) is 4.17. The molecule has 0 aliphatic carbocycles. The van der Waals surface area contributed by atoms with Crippen molar-refractivity contribution in [1.82, 2.24) is 10.6 Å². The summed E-state index contributed by atoms with van der Waals surface area (Å²) in [7, 11) is 0. The molecule has 0 saturated carbocycles. The van der Waals surface area contributed by atoms with Crippen molar-refractivity contribution in [3.05, 3.63) is 0 Å². The van der Waals surface area contributed by atoms with Crippen LogP contribution < -0.4 is 10.6 Å². The van der Waals surface area contributed by atoms with Crippen LogP contribution in [-0.4, -0.2) is 24.4 Å². The minimum atomic E-state index is 0.00881. The molecule has 0 fully saturated rings. The number of rotatable bonds is 8. The molecule has 0 saturated heterocycles. The van der Waals surface area contributed by atoms with Crippen molar-refractivity contribution < 1.29 is 9.59 Å². The highest BCUT2D eigenvalue weighted by atomic mass is 16.2. The van der Waals surface area contributed by atoms with E-state index in [2.05, 4.69) is 17.6 Å². The molecule has 0 aromatic rings. The molecule has 0 bridgehead atoms. The SMILES string of the molecule is CCC(C)NC(=O)CCCCCNC(C)=O. The van der Waals surface area contributed by atoms with Crippen molar-refractivity contribution in [3.63, 3.8) is 0 Å². The first-order chi connectivity index (χ1) is 7.56. The molecule has 1 atom stereocenters. The number of nitrogens with one attached hydrogen (secondary N) is 2. The van der Waals surface area contributed by atoms with Crippen LogP contribution in [0.4, 0.5) is 0 Å². The molecule has 0 spiro atoms. The third-order valence-corrected chi connectivity index (χ3v) is 2.47. The van der Waals surface area contributed by atoms with Gasteiger partial charge in [-0.25, -0.2) is 0 Å². The van der Waals surface area contributed by atoms with E-state index >= 15 is 0 Å². The van der Waals surface area contributed by atoms with Gasteiger partial charge in [-0.1, -0.05) is 13.3 Å². The predicted octanol–water partition coefficient (Wildman–Crippen LogP) is 1.60. The molecule has 0 aliphatic heterocycles. The van der Waals surface area contributed by atoms with Crippen LogP contribution >= 0.6 is 0 Å². The lowest BCUT2D eigenvalue weighted by molar-refractivity contribution is -0.122. The van der Waals surface area contributed by atoms with Crippen LogP contribution in [-0.2, 0) is 9.59 Å². The van der Waals surface area contributed by atoms with Crippen LogP contribution in [0.3, 0.4) is 0 Å². The largest absolute Gasteiger partial charge is 0.356 e. The first-order valence-corrected chi connectivity index (χ1v) is 6.10. The van der Waals surface area contributed by atoms with Crippen LogP contribution in [0.25, 0.3) is 0 Å². The minimum absolute atomic E-state index is 0.00881. The van der Waals surface area contributed by atoms with Crippen molar-refractivity contribution in [2.24, 2.45) is 0 Å². The zero-order chi connectivity index (χ0) is 12.4. The third-order valence-electron chi connectivity index (χ3n) is 2.47. The summed E-state index contributed by atoms with van der Waals surface area (Å²) in [5, 5.41) is 5.67. The van der Waals surface area contributed by atoms with E-state index in [0.29, 0.717) is 13.0 Å². The van der Waals surface area contributed by atoms with E-state index in [1.807, 2.05) is 6.92 Å². The molecular weight excluding hydrogens is 204 g/mol. The Morgan fingerprint density at radius 3 is 2.44 bits per heavy atom. The van der Waals surface area contributed by atoms with Crippen molar-refractivity contribution in [1.29, 1.82) is 0 Å². The fourth-order valence-electron chi connectivity index (χ4n) is 1.30. The van der Waals surface area contributed by atoms with E-state index in [9.17, 15) is 9.59 Å². The van der Waals surface area contributed by atoms with Gasteiger partial charge in [0.15, 0.2) is 0 Å². The lowest BCUT2D eigenvalue weighted by Crippen LogP contribution is -2.31. The number of hydrogen-bond acceptors (Lipinski definition) is 2. The fraction of sp³-hybridized carbons (Fsp3) is 0.833. The lowest BCUT2D eigenvalue weighted by Gasteiger charge is -2.10. The maximum Gasteiger partial charge on any atom is 0.220 e. The van der Waals surface area contributed by atoms with E-state index in [0.717, 1.165) is 25.7 Å². The van der Waals surface area contributed by atoms with E-state index in [-0.39, 0.29) is 17.9 Å². The first-order valence-electron chi connectivity index (χ1n) is 6.10. The molecule has 0 aromatic carbocycles. The third kappa shape index (κ3) is 9.49. The summed E-state index contributed by atoms with van der Waals surface area (Å²) in [5.74, 6) is 0.142. The van der Waals surface area contributed by atoms with Gasteiger partial charge in [0.2, 0.25) is 11.8 Å². The number of carbonyl (C=O) groups excluding carboxylic acids is 2. The van der Waals surface area contributed by atoms with E-state index in [4.69, 9.17) is 0 Å². The Labute approximate surface area is 98.2 Å². The zero-order valence-electron chi connectivity index (χ0n) is 10.6. The minimum Gasteiger partial charge on any atom is -0.356 e. The Hall–Kier alpha value is -1.06. The molecule has 2 N–H and O–H groups in total. The van der Waals surface area contributed by atoms with Crippen molar-refractivity contribution >= 4 is 11.8 Å². The average Bonchev–Trinajstić information content (AvgIpc) is 2.22. The number of carbonyl (C=O) groups is 2. The van der Waals surface area contributed by atoms with Gasteiger partial charge in [-0.3, -0.25) is 9.59 Å². The van der Waals surface area contributed by atoms with Crippen LogP contribution in [0.5, 0.6) is 0 Å². The van der Waals surface area contributed by atoms with Crippen LogP contribution in [0.15, 0.2) is 0 Å². The first kappa shape index (κ1) is 14.9. The van der Waals surface area contributed by atoms with E-state index in [1.165, 1.54) is 6.92 Å². The van der Waals surface area contributed by atoms with Gasteiger partial charge >= 0.3 is 0 Å². The van der Waals surface area contributed by atoms with Gasteiger partial charge in [0.25, 0.3) is 0 Å². The Morgan fingerprint density at radius 2 is 1.88 bits per heavy atom.